The van der Waals surface area contributed by atoms with E-state index in [1.54, 1.807) is 18.2 Å². The SMILES string of the molecule is COc1ccc(S(=O)(=O)Nc2cc(C)ccc2OC)cc1Br. The average molecular weight is 386 g/mol. The Bertz CT molecular complexity index is 790. The number of sulfonamides is 1. The predicted octanol–water partition coefficient (Wildman–Crippen LogP) is 3.58. The Morgan fingerprint density at radius 2 is 1.64 bits per heavy atom. The molecule has 0 saturated carbocycles. The van der Waals surface area contributed by atoms with Crippen molar-refractivity contribution in [2.75, 3.05) is 18.9 Å². The maximum absolute atomic E-state index is 12.5. The summed E-state index contributed by atoms with van der Waals surface area (Å²) in [5.41, 5.74) is 1.32. The first-order chi connectivity index (χ1) is 10.4. The first-order valence-electron chi connectivity index (χ1n) is 6.38. The summed E-state index contributed by atoms with van der Waals surface area (Å²) in [6.45, 7) is 1.88. The van der Waals surface area contributed by atoms with E-state index in [2.05, 4.69) is 20.7 Å². The molecular formula is C15H16BrNO4S. The molecule has 5 nitrogen and oxygen atoms in total. The van der Waals surface area contributed by atoms with Crippen LogP contribution in [0.25, 0.3) is 0 Å². The van der Waals surface area contributed by atoms with E-state index < -0.39 is 10.0 Å². The number of hydrogen-bond acceptors (Lipinski definition) is 4. The first-order valence-corrected chi connectivity index (χ1v) is 8.66. The number of halogens is 1. The summed E-state index contributed by atoms with van der Waals surface area (Å²) in [4.78, 5) is 0.128. The third kappa shape index (κ3) is 3.53. The molecule has 0 fully saturated rings. The van der Waals surface area contributed by atoms with Gasteiger partial charge >= 0.3 is 0 Å². The normalized spacial score (nSPS) is 11.1. The van der Waals surface area contributed by atoms with E-state index in [-0.39, 0.29) is 4.90 Å². The van der Waals surface area contributed by atoms with Crippen LogP contribution in [0.5, 0.6) is 11.5 Å². The van der Waals surface area contributed by atoms with Crippen LogP contribution < -0.4 is 14.2 Å². The van der Waals surface area contributed by atoms with Crippen LogP contribution in [-0.2, 0) is 10.0 Å². The van der Waals surface area contributed by atoms with Gasteiger partial charge in [-0.05, 0) is 58.7 Å². The van der Waals surface area contributed by atoms with Crippen molar-refractivity contribution >= 4 is 31.6 Å². The Morgan fingerprint density at radius 1 is 1.00 bits per heavy atom. The van der Waals surface area contributed by atoms with Gasteiger partial charge in [0, 0.05) is 0 Å². The van der Waals surface area contributed by atoms with E-state index in [1.807, 2.05) is 13.0 Å². The van der Waals surface area contributed by atoms with Gasteiger partial charge in [0.05, 0.1) is 29.3 Å². The molecule has 0 radical (unpaired) electrons. The van der Waals surface area contributed by atoms with Crippen LogP contribution in [0.1, 0.15) is 5.56 Å². The van der Waals surface area contributed by atoms with E-state index in [4.69, 9.17) is 9.47 Å². The van der Waals surface area contributed by atoms with Gasteiger partial charge in [0.2, 0.25) is 0 Å². The van der Waals surface area contributed by atoms with E-state index in [0.29, 0.717) is 21.7 Å². The molecule has 0 heterocycles. The molecule has 0 aromatic heterocycles. The Labute approximate surface area is 138 Å². The summed E-state index contributed by atoms with van der Waals surface area (Å²) in [5, 5.41) is 0. The number of methoxy groups -OCH3 is 2. The van der Waals surface area contributed by atoms with Crippen molar-refractivity contribution in [1.29, 1.82) is 0 Å². The Morgan fingerprint density at radius 3 is 2.23 bits per heavy atom. The number of hydrogen-bond donors (Lipinski definition) is 1. The minimum atomic E-state index is -3.73. The van der Waals surface area contributed by atoms with Gasteiger partial charge in [-0.25, -0.2) is 8.42 Å². The van der Waals surface area contributed by atoms with Crippen molar-refractivity contribution in [3.8, 4) is 11.5 Å². The van der Waals surface area contributed by atoms with Crippen LogP contribution in [0, 0.1) is 6.92 Å². The van der Waals surface area contributed by atoms with E-state index in [0.717, 1.165) is 5.56 Å². The standard InChI is InChI=1S/C15H16BrNO4S/c1-10-4-6-15(21-3)13(8-10)17-22(18,19)11-5-7-14(20-2)12(16)9-11/h4-9,17H,1-3H3. The third-order valence-corrected chi connectivity index (χ3v) is 5.02. The van der Waals surface area contributed by atoms with Gasteiger partial charge in [-0.3, -0.25) is 4.72 Å². The van der Waals surface area contributed by atoms with Crippen LogP contribution >= 0.6 is 15.9 Å². The lowest BCUT2D eigenvalue weighted by molar-refractivity contribution is 0.411. The van der Waals surface area contributed by atoms with Crippen molar-refractivity contribution in [1.82, 2.24) is 0 Å². The predicted molar refractivity (Wildman–Crippen MR) is 89.2 cm³/mol. The minimum Gasteiger partial charge on any atom is -0.496 e. The van der Waals surface area contributed by atoms with Crippen LogP contribution in [-0.4, -0.2) is 22.6 Å². The van der Waals surface area contributed by atoms with Gasteiger partial charge in [-0.15, -0.1) is 0 Å². The van der Waals surface area contributed by atoms with Gasteiger partial charge in [0.1, 0.15) is 11.5 Å². The van der Waals surface area contributed by atoms with Crippen LogP contribution in [0.3, 0.4) is 0 Å². The Balaban J connectivity index is 2.40. The first kappa shape index (κ1) is 16.6. The molecule has 0 amide bonds. The molecule has 2 aromatic carbocycles. The minimum absolute atomic E-state index is 0.128. The lowest BCUT2D eigenvalue weighted by atomic mass is 10.2. The second kappa shape index (κ2) is 6.58. The molecule has 22 heavy (non-hydrogen) atoms. The van der Waals surface area contributed by atoms with Gasteiger partial charge in [-0.1, -0.05) is 6.07 Å². The van der Waals surface area contributed by atoms with Gasteiger partial charge < -0.3 is 9.47 Å². The van der Waals surface area contributed by atoms with Gasteiger partial charge in [0.15, 0.2) is 0 Å². The van der Waals surface area contributed by atoms with E-state index in [9.17, 15) is 8.42 Å². The second-order valence-electron chi connectivity index (χ2n) is 4.61. The lowest BCUT2D eigenvalue weighted by Gasteiger charge is -2.13. The van der Waals surface area contributed by atoms with E-state index in [1.165, 1.54) is 26.4 Å². The van der Waals surface area contributed by atoms with Gasteiger partial charge in [0.25, 0.3) is 10.0 Å². The summed E-state index contributed by atoms with van der Waals surface area (Å²) in [6.07, 6.45) is 0. The zero-order valence-electron chi connectivity index (χ0n) is 12.4. The molecule has 0 aliphatic carbocycles. The van der Waals surface area contributed by atoms with Crippen molar-refractivity contribution in [2.24, 2.45) is 0 Å². The quantitative estimate of drug-likeness (QED) is 0.853. The fourth-order valence-corrected chi connectivity index (χ4v) is 3.70. The number of nitrogens with one attached hydrogen (secondary N) is 1. The summed E-state index contributed by atoms with van der Waals surface area (Å²) in [6, 6.07) is 9.84. The molecule has 0 unspecified atom stereocenters. The molecule has 0 atom stereocenters. The highest BCUT2D eigenvalue weighted by Crippen LogP contribution is 2.31. The molecule has 7 heteroatoms. The molecule has 0 saturated heterocycles. The summed E-state index contributed by atoms with van der Waals surface area (Å²) >= 11 is 3.28. The molecular weight excluding hydrogens is 370 g/mol. The highest BCUT2D eigenvalue weighted by molar-refractivity contribution is 9.10. The molecule has 0 aliphatic rings. The van der Waals surface area contributed by atoms with Crippen LogP contribution in [0.15, 0.2) is 45.8 Å². The van der Waals surface area contributed by atoms with Crippen LogP contribution in [0.4, 0.5) is 5.69 Å². The highest BCUT2D eigenvalue weighted by Gasteiger charge is 2.18. The average Bonchev–Trinajstić information content (AvgIpc) is 2.47. The maximum Gasteiger partial charge on any atom is 0.262 e. The molecule has 118 valence electrons. The smallest absolute Gasteiger partial charge is 0.262 e. The fraction of sp³-hybridized carbons (Fsp3) is 0.200. The van der Waals surface area contributed by atoms with E-state index >= 15 is 0 Å². The topological polar surface area (TPSA) is 64.6 Å². The number of anilines is 1. The highest BCUT2D eigenvalue weighted by atomic mass is 79.9. The monoisotopic (exact) mass is 385 g/mol. The van der Waals surface area contributed by atoms with Crippen LogP contribution in [0.2, 0.25) is 0 Å². The number of ether oxygens (including phenoxy) is 2. The summed E-state index contributed by atoms with van der Waals surface area (Å²) < 4.78 is 38.4. The Kier molecular flexibility index (Phi) is 4.97. The zero-order chi connectivity index (χ0) is 16.3. The fourth-order valence-electron chi connectivity index (χ4n) is 1.92. The van der Waals surface area contributed by atoms with Crippen molar-refractivity contribution in [2.45, 2.75) is 11.8 Å². The van der Waals surface area contributed by atoms with Gasteiger partial charge in [-0.2, -0.15) is 0 Å². The van der Waals surface area contributed by atoms with Crippen molar-refractivity contribution in [3.63, 3.8) is 0 Å². The molecule has 0 bridgehead atoms. The largest absolute Gasteiger partial charge is 0.496 e. The molecule has 0 aliphatic heterocycles. The molecule has 2 rings (SSSR count). The third-order valence-electron chi connectivity index (χ3n) is 3.03. The molecule has 2 aromatic rings. The zero-order valence-corrected chi connectivity index (χ0v) is 14.8. The van der Waals surface area contributed by atoms with Crippen molar-refractivity contribution < 1.29 is 17.9 Å². The Hall–Kier alpha value is -1.73. The molecule has 1 N–H and O–H groups in total. The number of aryl methyl sites for hydroxylation is 1. The second-order valence-corrected chi connectivity index (χ2v) is 7.14. The lowest BCUT2D eigenvalue weighted by Crippen LogP contribution is -2.14. The molecule has 0 spiro atoms. The maximum atomic E-state index is 12.5. The number of rotatable bonds is 5. The van der Waals surface area contributed by atoms with Crippen molar-refractivity contribution in [3.05, 3.63) is 46.4 Å². The number of benzene rings is 2. The summed E-state index contributed by atoms with van der Waals surface area (Å²) in [7, 11) is -0.715. The summed E-state index contributed by atoms with van der Waals surface area (Å²) in [5.74, 6) is 1.02.